The van der Waals surface area contributed by atoms with Crippen molar-refractivity contribution in [3.63, 3.8) is 0 Å². The third kappa shape index (κ3) is 5.22. The molecule has 0 fully saturated rings. The molecular weight excluding hydrogens is 138 g/mol. The van der Waals surface area contributed by atoms with Gasteiger partial charge in [-0.3, -0.25) is 0 Å². The number of ether oxygens (including phenoxy) is 1. The SMILES string of the molecule is COCC(CC(C)C)N(C)C. The topological polar surface area (TPSA) is 12.5 Å². The molecule has 0 aromatic rings. The molecule has 2 heteroatoms. The fourth-order valence-corrected chi connectivity index (χ4v) is 1.16. The van der Waals surface area contributed by atoms with Crippen LogP contribution < -0.4 is 0 Å². The summed E-state index contributed by atoms with van der Waals surface area (Å²) in [6, 6.07) is 0.569. The van der Waals surface area contributed by atoms with E-state index in [0.717, 1.165) is 12.5 Å². The molecule has 0 saturated carbocycles. The second-order valence-corrected chi connectivity index (χ2v) is 3.70. The number of likely N-dealkylation sites (N-methyl/N-ethyl adjacent to an activating group) is 1. The average molecular weight is 159 g/mol. The van der Waals surface area contributed by atoms with Crippen LogP contribution in [-0.4, -0.2) is 38.8 Å². The average Bonchev–Trinajstić information content (AvgIpc) is 1.86. The van der Waals surface area contributed by atoms with E-state index in [-0.39, 0.29) is 0 Å². The standard InChI is InChI=1S/C9H21NO/c1-8(2)6-9(7-11-5)10(3)4/h8-9H,6-7H2,1-5H3. The van der Waals surface area contributed by atoms with E-state index in [9.17, 15) is 0 Å². The minimum Gasteiger partial charge on any atom is -0.383 e. The Morgan fingerprint density at radius 1 is 1.27 bits per heavy atom. The zero-order valence-corrected chi connectivity index (χ0v) is 8.42. The van der Waals surface area contributed by atoms with Gasteiger partial charge in [-0.25, -0.2) is 0 Å². The molecule has 1 atom stereocenters. The van der Waals surface area contributed by atoms with E-state index < -0.39 is 0 Å². The van der Waals surface area contributed by atoms with Gasteiger partial charge in [-0.15, -0.1) is 0 Å². The summed E-state index contributed by atoms with van der Waals surface area (Å²) in [7, 11) is 5.97. The van der Waals surface area contributed by atoms with Gasteiger partial charge in [0.1, 0.15) is 0 Å². The second kappa shape index (κ2) is 5.56. The molecule has 0 N–H and O–H groups in total. The molecule has 0 aliphatic heterocycles. The Hall–Kier alpha value is -0.0800. The molecule has 0 rings (SSSR count). The van der Waals surface area contributed by atoms with Crippen molar-refractivity contribution in [2.24, 2.45) is 5.92 Å². The highest BCUT2D eigenvalue weighted by Crippen LogP contribution is 2.08. The van der Waals surface area contributed by atoms with E-state index in [1.807, 2.05) is 0 Å². The smallest absolute Gasteiger partial charge is 0.0617 e. The summed E-state index contributed by atoms with van der Waals surface area (Å²) in [6.07, 6.45) is 1.21. The van der Waals surface area contributed by atoms with Gasteiger partial charge in [0.2, 0.25) is 0 Å². The van der Waals surface area contributed by atoms with Gasteiger partial charge in [-0.2, -0.15) is 0 Å². The third-order valence-electron chi connectivity index (χ3n) is 1.83. The molecule has 0 aromatic carbocycles. The van der Waals surface area contributed by atoms with Gasteiger partial charge in [0.25, 0.3) is 0 Å². The lowest BCUT2D eigenvalue weighted by Crippen LogP contribution is -2.33. The van der Waals surface area contributed by atoms with Gasteiger partial charge in [0.15, 0.2) is 0 Å². The summed E-state index contributed by atoms with van der Waals surface area (Å²) in [5.41, 5.74) is 0. The van der Waals surface area contributed by atoms with Crippen LogP contribution in [0.5, 0.6) is 0 Å². The van der Waals surface area contributed by atoms with Gasteiger partial charge in [0, 0.05) is 13.2 Å². The Morgan fingerprint density at radius 3 is 2.09 bits per heavy atom. The van der Waals surface area contributed by atoms with Gasteiger partial charge < -0.3 is 9.64 Å². The number of methoxy groups -OCH3 is 1. The highest BCUT2D eigenvalue weighted by Gasteiger charge is 2.11. The molecule has 0 aromatic heterocycles. The quantitative estimate of drug-likeness (QED) is 0.604. The van der Waals surface area contributed by atoms with E-state index >= 15 is 0 Å². The number of hydrogen-bond donors (Lipinski definition) is 0. The van der Waals surface area contributed by atoms with E-state index in [0.29, 0.717) is 6.04 Å². The van der Waals surface area contributed by atoms with Crippen LogP contribution in [0, 0.1) is 5.92 Å². The summed E-state index contributed by atoms with van der Waals surface area (Å²) in [4.78, 5) is 2.23. The van der Waals surface area contributed by atoms with Crippen molar-refractivity contribution in [3.05, 3.63) is 0 Å². The zero-order chi connectivity index (χ0) is 8.85. The first-order chi connectivity index (χ1) is 5.07. The van der Waals surface area contributed by atoms with Crippen LogP contribution >= 0.6 is 0 Å². The van der Waals surface area contributed by atoms with Crippen molar-refractivity contribution < 1.29 is 4.74 Å². The highest BCUT2D eigenvalue weighted by molar-refractivity contribution is 4.66. The monoisotopic (exact) mass is 159 g/mol. The van der Waals surface area contributed by atoms with Gasteiger partial charge in [0.05, 0.1) is 6.61 Å². The zero-order valence-electron chi connectivity index (χ0n) is 8.42. The molecule has 68 valence electrons. The lowest BCUT2D eigenvalue weighted by Gasteiger charge is -2.24. The molecule has 0 heterocycles. The molecule has 0 aliphatic carbocycles. The molecule has 11 heavy (non-hydrogen) atoms. The molecule has 1 unspecified atom stereocenters. The summed E-state index contributed by atoms with van der Waals surface area (Å²) < 4.78 is 5.12. The van der Waals surface area contributed by atoms with E-state index in [4.69, 9.17) is 4.74 Å². The van der Waals surface area contributed by atoms with Crippen molar-refractivity contribution in [1.82, 2.24) is 4.90 Å². The number of hydrogen-bond acceptors (Lipinski definition) is 2. The summed E-state index contributed by atoms with van der Waals surface area (Å²) in [6.45, 7) is 5.32. The van der Waals surface area contributed by atoms with Crippen molar-refractivity contribution in [2.45, 2.75) is 26.3 Å². The van der Waals surface area contributed by atoms with Crippen LogP contribution in [0.25, 0.3) is 0 Å². The van der Waals surface area contributed by atoms with Gasteiger partial charge >= 0.3 is 0 Å². The summed E-state index contributed by atoms with van der Waals surface area (Å²) >= 11 is 0. The van der Waals surface area contributed by atoms with Crippen LogP contribution in [0.2, 0.25) is 0 Å². The fraction of sp³-hybridized carbons (Fsp3) is 1.00. The van der Waals surface area contributed by atoms with Crippen LogP contribution in [0.15, 0.2) is 0 Å². The van der Waals surface area contributed by atoms with Crippen molar-refractivity contribution in [3.8, 4) is 0 Å². The third-order valence-corrected chi connectivity index (χ3v) is 1.83. The normalized spacial score (nSPS) is 14.5. The first kappa shape index (κ1) is 10.9. The maximum Gasteiger partial charge on any atom is 0.0617 e. The van der Waals surface area contributed by atoms with Gasteiger partial charge in [-0.05, 0) is 26.4 Å². The van der Waals surface area contributed by atoms with Crippen molar-refractivity contribution in [2.75, 3.05) is 27.8 Å². The molecular formula is C9H21NO. The Kier molecular flexibility index (Phi) is 5.51. The van der Waals surface area contributed by atoms with Crippen LogP contribution in [0.3, 0.4) is 0 Å². The van der Waals surface area contributed by atoms with Crippen LogP contribution in [0.4, 0.5) is 0 Å². The Morgan fingerprint density at radius 2 is 1.82 bits per heavy atom. The first-order valence-electron chi connectivity index (χ1n) is 4.23. The van der Waals surface area contributed by atoms with E-state index in [1.54, 1.807) is 7.11 Å². The second-order valence-electron chi connectivity index (χ2n) is 3.70. The van der Waals surface area contributed by atoms with Crippen LogP contribution in [0.1, 0.15) is 20.3 Å². The predicted octanol–water partition coefficient (Wildman–Crippen LogP) is 1.61. The number of rotatable bonds is 5. The maximum atomic E-state index is 5.12. The van der Waals surface area contributed by atoms with Crippen molar-refractivity contribution >= 4 is 0 Å². The highest BCUT2D eigenvalue weighted by atomic mass is 16.5. The molecule has 2 nitrogen and oxygen atoms in total. The largest absolute Gasteiger partial charge is 0.383 e. The number of nitrogens with zero attached hydrogens (tertiary/aromatic N) is 1. The van der Waals surface area contributed by atoms with Crippen molar-refractivity contribution in [1.29, 1.82) is 0 Å². The van der Waals surface area contributed by atoms with E-state index in [1.165, 1.54) is 6.42 Å². The Labute approximate surface area is 70.5 Å². The molecule has 0 amide bonds. The predicted molar refractivity (Wildman–Crippen MR) is 48.8 cm³/mol. The van der Waals surface area contributed by atoms with E-state index in [2.05, 4.69) is 32.8 Å². The minimum absolute atomic E-state index is 0.569. The Balaban J connectivity index is 3.69. The molecule has 0 bridgehead atoms. The molecule has 0 radical (unpaired) electrons. The van der Waals surface area contributed by atoms with Crippen LogP contribution in [-0.2, 0) is 4.74 Å². The summed E-state index contributed by atoms with van der Waals surface area (Å²) in [5, 5.41) is 0. The minimum atomic E-state index is 0.569. The fourth-order valence-electron chi connectivity index (χ4n) is 1.16. The molecule has 0 spiro atoms. The van der Waals surface area contributed by atoms with Gasteiger partial charge in [-0.1, -0.05) is 13.8 Å². The Bertz CT molecular complexity index is 91.6. The summed E-state index contributed by atoms with van der Waals surface area (Å²) in [5.74, 6) is 0.748. The molecule has 0 saturated heterocycles. The first-order valence-corrected chi connectivity index (χ1v) is 4.23. The maximum absolute atomic E-state index is 5.12. The molecule has 0 aliphatic rings. The lowest BCUT2D eigenvalue weighted by atomic mass is 10.0. The lowest BCUT2D eigenvalue weighted by molar-refractivity contribution is 0.108.